The van der Waals surface area contributed by atoms with E-state index in [2.05, 4.69) is 30.3 Å². The van der Waals surface area contributed by atoms with Crippen molar-refractivity contribution < 1.29 is 26.3 Å². The van der Waals surface area contributed by atoms with Crippen LogP contribution in [0.5, 0.6) is 0 Å². The van der Waals surface area contributed by atoms with Crippen LogP contribution in [0.1, 0.15) is 38.9 Å². The topological polar surface area (TPSA) is 129 Å². The predicted molar refractivity (Wildman–Crippen MR) is 245 cm³/mol. The molecule has 0 saturated carbocycles. The van der Waals surface area contributed by atoms with Gasteiger partial charge in [0, 0.05) is 27.1 Å². The smallest absolute Gasteiger partial charge is 0.309 e. The van der Waals surface area contributed by atoms with E-state index in [1.165, 1.54) is 24.3 Å². The molecule has 0 N–H and O–H groups in total. The first kappa shape index (κ1) is 42.3. The van der Waals surface area contributed by atoms with E-state index in [0.717, 1.165) is 6.07 Å². The lowest BCUT2D eigenvalue weighted by Gasteiger charge is -2.22. The second-order valence-corrected chi connectivity index (χ2v) is 16.0. The third kappa shape index (κ3) is 6.98. The summed E-state index contributed by atoms with van der Waals surface area (Å²) in [5.74, 6) is 0. The molecule has 10 aromatic rings. The molecule has 2 heterocycles. The second kappa shape index (κ2) is 15.8. The Balaban J connectivity index is 1.34. The zero-order valence-corrected chi connectivity index (χ0v) is 34.8. The van der Waals surface area contributed by atoms with E-state index in [-0.39, 0.29) is 50.8 Å². The summed E-state index contributed by atoms with van der Waals surface area (Å²) < 4.78 is 92.2. The first-order valence-electron chi connectivity index (χ1n) is 20.6. The number of fused-ring (bicyclic) bond motifs is 6. The Hall–Kier alpha value is -9.61. The lowest BCUT2D eigenvalue weighted by molar-refractivity contribution is -0.142. The average molecular weight is 898 g/mol. The van der Waals surface area contributed by atoms with Crippen molar-refractivity contribution in [2.24, 2.45) is 0 Å². The van der Waals surface area contributed by atoms with Gasteiger partial charge in [0.15, 0.2) is 0 Å². The first-order chi connectivity index (χ1) is 32.7. The molecular formula is C55H25F6N7. The van der Waals surface area contributed by atoms with E-state index in [0.29, 0.717) is 71.9 Å². The minimum Gasteiger partial charge on any atom is -0.309 e. The maximum Gasteiger partial charge on any atom is 0.417 e. The summed E-state index contributed by atoms with van der Waals surface area (Å²) in [5.41, 5.74) is 1.43. The summed E-state index contributed by atoms with van der Waals surface area (Å²) >= 11 is 0. The molecule has 0 saturated heterocycles. The number of benzene rings is 8. The highest BCUT2D eigenvalue weighted by Gasteiger charge is 2.39. The van der Waals surface area contributed by atoms with Crippen LogP contribution in [0.2, 0.25) is 0 Å². The fourth-order valence-electron chi connectivity index (χ4n) is 9.11. The van der Waals surface area contributed by atoms with Gasteiger partial charge in [0.1, 0.15) is 6.07 Å². The van der Waals surface area contributed by atoms with Crippen molar-refractivity contribution in [3.8, 4) is 75.1 Å². The van der Waals surface area contributed by atoms with Gasteiger partial charge in [0.2, 0.25) is 0 Å². The van der Waals surface area contributed by atoms with Crippen LogP contribution >= 0.6 is 0 Å². The number of rotatable bonds is 5. The molecular weight excluding hydrogens is 873 g/mol. The van der Waals surface area contributed by atoms with Gasteiger partial charge in [-0.05, 0) is 113 Å². The quantitative estimate of drug-likeness (QED) is 0.159. The molecule has 0 atom stereocenters. The Kier molecular flexibility index (Phi) is 9.85. The molecule has 0 radical (unpaired) electrons. The van der Waals surface area contributed by atoms with Gasteiger partial charge in [-0.3, -0.25) is 0 Å². The predicted octanol–water partition coefficient (Wildman–Crippen LogP) is 14.3. The highest BCUT2D eigenvalue weighted by atomic mass is 19.4. The molecule has 0 unspecified atom stereocenters. The van der Waals surface area contributed by atoms with Gasteiger partial charge < -0.3 is 9.13 Å². The van der Waals surface area contributed by atoms with Crippen LogP contribution in [-0.2, 0) is 12.4 Å². The maximum atomic E-state index is 15.4. The summed E-state index contributed by atoms with van der Waals surface area (Å²) in [6.45, 7) is 0. The highest BCUT2D eigenvalue weighted by molar-refractivity contribution is 6.12. The van der Waals surface area contributed by atoms with Crippen LogP contribution in [0.15, 0.2) is 152 Å². The number of hydrogen-bond donors (Lipinski definition) is 0. The molecule has 0 aliphatic heterocycles. The number of alkyl halides is 6. The standard InChI is InChI=1S/C55H25F6N7/c56-54(57,58)40-11-14-41(47(24-40)55(59,60)61)46-25-50(67-48-7-3-1-5-42(48)44-12-9-35(21-51(44)67)37-17-31(26-62)15-32(18-37)27-63)39(30-66)23-53(46)68-49-8-4-2-6-43(49)45-13-10-36(22-52(45)68)38-19-33(28-64)16-34(20-38)29-65/h1-25H. The van der Waals surface area contributed by atoms with Gasteiger partial charge in [-0.25, -0.2) is 0 Å². The molecule has 0 fully saturated rings. The van der Waals surface area contributed by atoms with E-state index in [4.69, 9.17) is 0 Å². The molecule has 13 heteroatoms. The van der Waals surface area contributed by atoms with Crippen molar-refractivity contribution in [1.29, 1.82) is 26.3 Å². The molecule has 2 aromatic heterocycles. The number of nitrogens with zero attached hydrogens (tertiary/aromatic N) is 7. The Bertz CT molecular complexity index is 3960. The van der Waals surface area contributed by atoms with Crippen LogP contribution < -0.4 is 0 Å². The maximum absolute atomic E-state index is 15.4. The molecule has 0 bridgehead atoms. The van der Waals surface area contributed by atoms with Crippen molar-refractivity contribution in [2.45, 2.75) is 12.4 Å². The second-order valence-electron chi connectivity index (χ2n) is 16.0. The molecule has 7 nitrogen and oxygen atoms in total. The van der Waals surface area contributed by atoms with Crippen LogP contribution in [0.3, 0.4) is 0 Å². The first-order valence-corrected chi connectivity index (χ1v) is 20.6. The number of nitriles is 5. The summed E-state index contributed by atoms with van der Waals surface area (Å²) in [6.07, 6.45) is -10.4. The minimum absolute atomic E-state index is 0.00186. The van der Waals surface area contributed by atoms with Crippen LogP contribution in [0.25, 0.3) is 88.4 Å². The van der Waals surface area contributed by atoms with E-state index in [1.807, 2.05) is 24.3 Å². The zero-order chi connectivity index (χ0) is 47.6. The lowest BCUT2D eigenvalue weighted by atomic mass is 9.93. The molecule has 68 heavy (non-hydrogen) atoms. The zero-order valence-electron chi connectivity index (χ0n) is 34.8. The summed E-state index contributed by atoms with van der Waals surface area (Å²) in [5, 5.41) is 52.9. The van der Waals surface area contributed by atoms with Crippen molar-refractivity contribution >= 4 is 43.6 Å². The number of aromatic nitrogens is 2. The summed E-state index contributed by atoms with van der Waals surface area (Å²) in [7, 11) is 0. The Labute approximate surface area is 382 Å². The fourth-order valence-corrected chi connectivity index (χ4v) is 9.11. The molecule has 8 aromatic carbocycles. The van der Waals surface area contributed by atoms with Crippen molar-refractivity contribution in [1.82, 2.24) is 9.13 Å². The number of hydrogen-bond acceptors (Lipinski definition) is 5. The summed E-state index contributed by atoms with van der Waals surface area (Å²) in [4.78, 5) is 0. The molecule has 0 aliphatic rings. The molecule has 0 amide bonds. The van der Waals surface area contributed by atoms with Gasteiger partial charge in [0.25, 0.3) is 0 Å². The normalized spacial score (nSPS) is 11.6. The Morgan fingerprint density at radius 3 is 1.25 bits per heavy atom. The Morgan fingerprint density at radius 2 is 0.809 bits per heavy atom. The van der Waals surface area contributed by atoms with Crippen molar-refractivity contribution in [2.75, 3.05) is 0 Å². The number of para-hydroxylation sites is 2. The van der Waals surface area contributed by atoms with Gasteiger partial charge in [-0.2, -0.15) is 52.7 Å². The lowest BCUT2D eigenvalue weighted by Crippen LogP contribution is -2.13. The Morgan fingerprint density at radius 1 is 0.353 bits per heavy atom. The van der Waals surface area contributed by atoms with E-state index >= 15 is 13.2 Å². The largest absolute Gasteiger partial charge is 0.417 e. The van der Waals surface area contributed by atoms with Crippen LogP contribution in [0, 0.1) is 56.7 Å². The van der Waals surface area contributed by atoms with E-state index in [1.54, 1.807) is 94.1 Å². The third-order valence-electron chi connectivity index (χ3n) is 12.1. The van der Waals surface area contributed by atoms with Crippen LogP contribution in [0.4, 0.5) is 26.3 Å². The highest BCUT2D eigenvalue weighted by Crippen LogP contribution is 2.47. The van der Waals surface area contributed by atoms with Crippen molar-refractivity contribution in [3.63, 3.8) is 0 Å². The van der Waals surface area contributed by atoms with Crippen LogP contribution in [-0.4, -0.2) is 9.13 Å². The molecule has 0 spiro atoms. The fraction of sp³-hybridized carbons (Fsp3) is 0.0364. The van der Waals surface area contributed by atoms with Gasteiger partial charge >= 0.3 is 12.4 Å². The molecule has 322 valence electrons. The molecule has 0 aliphatic carbocycles. The van der Waals surface area contributed by atoms with Gasteiger partial charge in [-0.1, -0.05) is 66.7 Å². The molecule has 10 rings (SSSR count). The van der Waals surface area contributed by atoms with E-state index < -0.39 is 29.0 Å². The number of halogens is 6. The SMILES string of the molecule is N#Cc1cc(C#N)cc(-c2ccc3c4ccccc4n(-c4cc(-c5ccc(C(F)(F)F)cc5C(F)(F)F)c(-n5c6ccccc6c6ccc(-c7cc(C#N)cc(C#N)c7)cc65)cc4C#N)c3c2)c1. The summed E-state index contributed by atoms with van der Waals surface area (Å²) in [6, 6.07) is 49.2. The average Bonchev–Trinajstić information content (AvgIpc) is 3.86. The van der Waals surface area contributed by atoms with Gasteiger partial charge in [0.05, 0.1) is 96.7 Å². The minimum atomic E-state index is -5.29. The van der Waals surface area contributed by atoms with Crippen molar-refractivity contribution in [3.05, 3.63) is 191 Å². The monoisotopic (exact) mass is 897 g/mol. The van der Waals surface area contributed by atoms with Gasteiger partial charge in [-0.15, -0.1) is 0 Å². The third-order valence-corrected chi connectivity index (χ3v) is 12.1. The van der Waals surface area contributed by atoms with E-state index in [9.17, 15) is 39.5 Å².